The van der Waals surface area contributed by atoms with Crippen LogP contribution >= 0.6 is 0 Å². The van der Waals surface area contributed by atoms with Gasteiger partial charge in [-0.2, -0.15) is 0 Å². The van der Waals surface area contributed by atoms with E-state index in [4.69, 9.17) is 23.3 Å². The molecule has 13 nitrogen and oxygen atoms in total. The Hall–Kier alpha value is -5.17. The van der Waals surface area contributed by atoms with Gasteiger partial charge in [0.05, 0.1) is 7.11 Å². The van der Waals surface area contributed by atoms with E-state index < -0.39 is 41.7 Å². The molecule has 5 atom stereocenters. The van der Waals surface area contributed by atoms with Crippen molar-refractivity contribution in [2.45, 2.75) is 63.9 Å². The van der Waals surface area contributed by atoms with Gasteiger partial charge in [-0.25, -0.2) is 14.8 Å². The number of nitrogens with one attached hydrogen (secondary N) is 2. The molecule has 2 amide bonds. The third-order valence-electron chi connectivity index (χ3n) is 9.45. The molecular weight excluding hydrogens is 618 g/mol. The number of hydrogen-bond donors (Lipinski definition) is 3. The highest BCUT2D eigenvalue weighted by Gasteiger charge is 2.61. The number of carbonyl (C=O) groups is 3. The number of aromatic nitrogens is 2. The standard InChI is InChI=1S/C35H37N5O8/c1-16(2)26-31-39-25(30-37-23(15-46-30)33(44)45-6)28(48-31)35-19-9-7-8-10-21(19)38-34(35)47-24-12-11-18(13-20(24)35)14-22(32(43)40(26)5)36-29(42)27(41)17(3)4/h7-13,15-17,22,26-27,34,38,41H,14H2,1-6H3,(H,36,42)/t22-,26-,27-,34?,35?/m0/s1. The lowest BCUT2D eigenvalue weighted by Gasteiger charge is -2.33. The molecule has 4 bridgehead atoms. The van der Waals surface area contributed by atoms with Gasteiger partial charge in [-0.05, 0) is 35.1 Å². The van der Waals surface area contributed by atoms with Crippen molar-refractivity contribution in [3.8, 4) is 17.3 Å². The zero-order valence-corrected chi connectivity index (χ0v) is 27.4. The average molecular weight is 656 g/mol. The Morgan fingerprint density at radius 1 is 1.12 bits per heavy atom. The minimum Gasteiger partial charge on any atom is -0.469 e. The van der Waals surface area contributed by atoms with E-state index in [9.17, 15) is 19.5 Å². The molecule has 4 aromatic rings. The lowest BCUT2D eigenvalue weighted by molar-refractivity contribution is -0.141. The molecule has 13 heteroatoms. The fraction of sp³-hybridized carbons (Fsp3) is 0.400. The Labute approximate surface area is 276 Å². The van der Waals surface area contributed by atoms with Gasteiger partial charge in [0.1, 0.15) is 35.6 Å². The molecule has 2 unspecified atom stereocenters. The first kappa shape index (κ1) is 31.4. The summed E-state index contributed by atoms with van der Waals surface area (Å²) in [6.07, 6.45) is -0.604. The number of amides is 2. The van der Waals surface area contributed by atoms with Crippen LogP contribution < -0.4 is 15.4 Å². The summed E-state index contributed by atoms with van der Waals surface area (Å²) in [5.74, 6) is -1.06. The van der Waals surface area contributed by atoms with Crippen LogP contribution in [0.1, 0.15) is 72.6 Å². The predicted molar refractivity (Wildman–Crippen MR) is 171 cm³/mol. The number of fused-ring (bicyclic) bond motifs is 4. The van der Waals surface area contributed by atoms with Crippen LogP contribution in [0.5, 0.6) is 5.75 Å². The molecule has 1 spiro atoms. The zero-order chi connectivity index (χ0) is 34.1. The van der Waals surface area contributed by atoms with Crippen molar-refractivity contribution in [2.24, 2.45) is 11.8 Å². The summed E-state index contributed by atoms with van der Waals surface area (Å²) in [6.45, 7) is 7.34. The van der Waals surface area contributed by atoms with Crippen molar-refractivity contribution in [3.63, 3.8) is 0 Å². The van der Waals surface area contributed by atoms with Crippen LogP contribution in [-0.4, -0.2) is 70.3 Å². The summed E-state index contributed by atoms with van der Waals surface area (Å²) in [5.41, 5.74) is 2.29. The molecule has 7 rings (SSSR count). The minimum atomic E-state index is -1.29. The first-order valence-corrected chi connectivity index (χ1v) is 15.9. The maximum Gasteiger partial charge on any atom is 0.360 e. The lowest BCUT2D eigenvalue weighted by Crippen LogP contribution is -2.53. The van der Waals surface area contributed by atoms with E-state index >= 15 is 0 Å². The molecule has 2 aromatic heterocycles. The number of benzene rings is 2. The summed E-state index contributed by atoms with van der Waals surface area (Å²) >= 11 is 0. The Morgan fingerprint density at radius 3 is 2.62 bits per heavy atom. The molecule has 3 aliphatic rings. The van der Waals surface area contributed by atoms with Crippen molar-refractivity contribution >= 4 is 23.5 Å². The number of para-hydroxylation sites is 1. The monoisotopic (exact) mass is 655 g/mol. The molecule has 0 radical (unpaired) electrons. The van der Waals surface area contributed by atoms with Gasteiger partial charge >= 0.3 is 5.97 Å². The number of nitrogens with zero attached hydrogens (tertiary/aromatic N) is 3. The van der Waals surface area contributed by atoms with E-state index in [-0.39, 0.29) is 47.3 Å². The quantitative estimate of drug-likeness (QED) is 0.258. The maximum absolute atomic E-state index is 14.3. The highest BCUT2D eigenvalue weighted by atomic mass is 16.5. The molecule has 0 fully saturated rings. The summed E-state index contributed by atoms with van der Waals surface area (Å²) in [6, 6.07) is 11.7. The molecule has 2 aromatic carbocycles. The number of aliphatic hydroxyl groups is 1. The topological polar surface area (TPSA) is 169 Å². The predicted octanol–water partition coefficient (Wildman–Crippen LogP) is 3.81. The van der Waals surface area contributed by atoms with Crippen molar-refractivity contribution in [2.75, 3.05) is 19.5 Å². The van der Waals surface area contributed by atoms with Gasteiger partial charge in [0, 0.05) is 24.7 Å². The zero-order valence-electron chi connectivity index (χ0n) is 27.4. The van der Waals surface area contributed by atoms with Gasteiger partial charge in [0.25, 0.3) is 0 Å². The number of oxazole rings is 2. The number of aliphatic hydroxyl groups excluding tert-OH is 1. The van der Waals surface area contributed by atoms with Gasteiger partial charge in [-0.1, -0.05) is 58.0 Å². The fourth-order valence-corrected chi connectivity index (χ4v) is 7.09. The number of carbonyl (C=O) groups excluding carboxylic acids is 3. The highest BCUT2D eigenvalue weighted by molar-refractivity contribution is 5.90. The van der Waals surface area contributed by atoms with Gasteiger partial charge < -0.3 is 38.9 Å². The minimum absolute atomic E-state index is 0.0293. The molecular formula is C35H37N5O8. The second-order valence-electron chi connectivity index (χ2n) is 13.2. The first-order valence-electron chi connectivity index (χ1n) is 15.9. The molecule has 5 heterocycles. The van der Waals surface area contributed by atoms with Crippen molar-refractivity contribution in [1.82, 2.24) is 20.2 Å². The second-order valence-corrected chi connectivity index (χ2v) is 13.2. The number of anilines is 1. The van der Waals surface area contributed by atoms with E-state index in [2.05, 4.69) is 15.6 Å². The van der Waals surface area contributed by atoms with Gasteiger partial charge in [0.2, 0.25) is 23.6 Å². The molecule has 0 aliphatic carbocycles. The summed E-state index contributed by atoms with van der Waals surface area (Å²) < 4.78 is 24.1. The third-order valence-corrected chi connectivity index (χ3v) is 9.45. The van der Waals surface area contributed by atoms with Crippen LogP contribution in [0.4, 0.5) is 5.69 Å². The third kappa shape index (κ3) is 4.67. The van der Waals surface area contributed by atoms with E-state index in [1.807, 2.05) is 56.3 Å². The van der Waals surface area contributed by atoms with Gasteiger partial charge in [0.15, 0.2) is 23.4 Å². The number of methoxy groups -OCH3 is 1. The van der Waals surface area contributed by atoms with Crippen LogP contribution in [-0.2, 0) is 26.2 Å². The lowest BCUT2D eigenvalue weighted by atomic mass is 9.72. The maximum atomic E-state index is 14.3. The fourth-order valence-electron chi connectivity index (χ4n) is 7.09. The van der Waals surface area contributed by atoms with Crippen LogP contribution in [0.3, 0.4) is 0 Å². The molecule has 3 aliphatic heterocycles. The number of ether oxygens (including phenoxy) is 2. The Kier molecular flexibility index (Phi) is 7.54. The first-order chi connectivity index (χ1) is 22.9. The second kappa shape index (κ2) is 11.5. The van der Waals surface area contributed by atoms with Crippen LogP contribution in [0.25, 0.3) is 11.6 Å². The molecule has 0 saturated heterocycles. The molecule has 0 saturated carbocycles. The van der Waals surface area contributed by atoms with E-state index in [0.717, 1.165) is 22.4 Å². The van der Waals surface area contributed by atoms with Gasteiger partial charge in [-0.3, -0.25) is 9.59 Å². The van der Waals surface area contributed by atoms with E-state index in [1.165, 1.54) is 18.3 Å². The smallest absolute Gasteiger partial charge is 0.360 e. The number of likely N-dealkylation sites (N-methyl/N-ethyl adjacent to an activating group) is 1. The number of hydrogen-bond acceptors (Lipinski definition) is 11. The SMILES string of the molecule is COC(=O)c1coc(-c2nc3oc2C24c5ccccc5NC2Oc2ccc(cc24)C[C@H](NC(=O)[C@@H](O)C(C)C)C(=O)N(C)[C@H]3C(C)C)n1. The van der Waals surface area contributed by atoms with Gasteiger partial charge in [-0.15, -0.1) is 0 Å². The van der Waals surface area contributed by atoms with Crippen molar-refractivity contribution in [3.05, 3.63) is 82.8 Å². The van der Waals surface area contributed by atoms with E-state index in [0.29, 0.717) is 11.5 Å². The van der Waals surface area contributed by atoms with Crippen LogP contribution in [0, 0.1) is 11.8 Å². The average Bonchev–Trinajstić information content (AvgIpc) is 3.84. The van der Waals surface area contributed by atoms with Crippen molar-refractivity contribution < 1.29 is 37.8 Å². The Bertz CT molecular complexity index is 1930. The van der Waals surface area contributed by atoms with Crippen molar-refractivity contribution in [1.29, 1.82) is 0 Å². The highest BCUT2D eigenvalue weighted by Crippen LogP contribution is 2.59. The van der Waals surface area contributed by atoms with E-state index in [1.54, 1.807) is 20.9 Å². The molecule has 250 valence electrons. The Balaban J connectivity index is 1.50. The summed E-state index contributed by atoms with van der Waals surface area (Å²) in [4.78, 5) is 50.8. The summed E-state index contributed by atoms with van der Waals surface area (Å²) in [5, 5.41) is 16.9. The summed E-state index contributed by atoms with van der Waals surface area (Å²) in [7, 11) is 2.90. The number of esters is 1. The Morgan fingerprint density at radius 2 is 1.90 bits per heavy atom. The normalized spacial score (nSPS) is 23.1. The largest absolute Gasteiger partial charge is 0.469 e. The number of rotatable bonds is 6. The molecule has 48 heavy (non-hydrogen) atoms. The van der Waals surface area contributed by atoms with Crippen LogP contribution in [0.15, 0.2) is 57.6 Å². The van der Waals surface area contributed by atoms with Crippen LogP contribution in [0.2, 0.25) is 0 Å². The molecule has 3 N–H and O–H groups in total.